The normalized spacial score (nSPS) is 14.6. The van der Waals surface area contributed by atoms with Gasteiger partial charge in [0.1, 0.15) is 0 Å². The van der Waals surface area contributed by atoms with E-state index in [1.807, 2.05) is 0 Å². The van der Waals surface area contributed by atoms with Crippen LogP contribution in [0.15, 0.2) is 0 Å². The van der Waals surface area contributed by atoms with Gasteiger partial charge in [-0.05, 0) is 12.8 Å². The molecule has 0 heterocycles. The average Bonchev–Trinajstić information content (AvgIpc) is 2.35. The molecule has 10 N–H and O–H groups in total. The molecule has 0 bridgehead atoms. The second kappa shape index (κ2) is 9.23. The van der Waals surface area contributed by atoms with Gasteiger partial charge < -0.3 is 44.3 Å². The summed E-state index contributed by atoms with van der Waals surface area (Å²) < 4.78 is 46.3. The highest BCUT2D eigenvalue weighted by Gasteiger charge is 2.64. The highest BCUT2D eigenvalue weighted by atomic mass is 31.2. The van der Waals surface area contributed by atoms with E-state index in [0.29, 0.717) is 0 Å². The van der Waals surface area contributed by atoms with Gasteiger partial charge >= 0.3 is 36.4 Å². The van der Waals surface area contributed by atoms with Crippen LogP contribution in [-0.2, 0) is 23.1 Å². The molecule has 0 amide bonds. The molecule has 0 rings (SSSR count). The van der Waals surface area contributed by atoms with E-state index < -0.39 is 59.7 Å². The molecule has 0 unspecified atom stereocenters. The van der Waals surface area contributed by atoms with Crippen LogP contribution in [0.25, 0.3) is 0 Å². The number of hydrogen-bond acceptors (Lipinski definition) is 6. The van der Waals surface area contributed by atoms with Crippen molar-refractivity contribution in [3.05, 3.63) is 0 Å². The van der Waals surface area contributed by atoms with Crippen molar-refractivity contribution in [1.82, 2.24) is 5.32 Å². The number of aliphatic carboxylic acids is 1. The van der Waals surface area contributed by atoms with Gasteiger partial charge in [0.15, 0.2) is 0 Å². The Balaban J connectivity index is 6.01. The predicted octanol–water partition coefficient (Wildman–Crippen LogP) is -0.741. The number of carboxylic acid groups (broad SMARTS) is 1. The highest BCUT2D eigenvalue weighted by Crippen LogP contribution is 2.72. The van der Waals surface area contributed by atoms with E-state index in [2.05, 4.69) is 0 Å². The first-order valence-electron chi connectivity index (χ1n) is 6.97. The summed E-state index contributed by atoms with van der Waals surface area (Å²) >= 11 is 0. The van der Waals surface area contributed by atoms with E-state index in [4.69, 9.17) is 24.7 Å². The van der Waals surface area contributed by atoms with Gasteiger partial charge in [0, 0.05) is 6.42 Å². The van der Waals surface area contributed by atoms with Crippen molar-refractivity contribution in [3.63, 3.8) is 0 Å². The summed E-state index contributed by atoms with van der Waals surface area (Å²) in [6, 6.07) is 0. The van der Waals surface area contributed by atoms with Crippen molar-refractivity contribution in [2.24, 2.45) is 0 Å². The topological polar surface area (TPSA) is 279 Å². The SMILES string of the molecule is O=C(O)CCCCCC(NC(P(=O)(O)O)P(=O)(O)O)(P(=O)(O)O)P(=O)(O)O. The van der Waals surface area contributed by atoms with Gasteiger partial charge in [-0.15, -0.1) is 0 Å². The molecule has 0 aromatic carbocycles. The van der Waals surface area contributed by atoms with Crippen molar-refractivity contribution in [1.29, 1.82) is 0 Å². The number of rotatable bonds is 12. The Morgan fingerprint density at radius 2 is 1.19 bits per heavy atom. The smallest absolute Gasteiger partial charge is 0.357 e. The van der Waals surface area contributed by atoms with Crippen LogP contribution < -0.4 is 5.32 Å². The molecule has 0 aliphatic rings. The molecule has 0 aliphatic carbocycles. The molecule has 0 aliphatic heterocycles. The highest BCUT2D eigenvalue weighted by molar-refractivity contribution is 7.73. The minimum absolute atomic E-state index is 0.0475. The van der Waals surface area contributed by atoms with Crippen molar-refractivity contribution in [2.45, 2.75) is 42.6 Å². The molecule has 0 fully saturated rings. The Hall–Kier alpha value is 0.0300. The van der Waals surface area contributed by atoms with Gasteiger partial charge in [0.25, 0.3) is 0 Å². The molecule has 15 nitrogen and oxygen atoms in total. The Morgan fingerprint density at radius 3 is 1.48 bits per heavy atom. The van der Waals surface area contributed by atoms with E-state index in [0.717, 1.165) is 5.32 Å². The Bertz CT molecular complexity index is 669. The van der Waals surface area contributed by atoms with E-state index >= 15 is 0 Å². The van der Waals surface area contributed by atoms with E-state index in [9.17, 15) is 42.6 Å². The lowest BCUT2D eigenvalue weighted by Gasteiger charge is -2.38. The van der Waals surface area contributed by atoms with E-state index in [1.165, 1.54) is 0 Å². The second-order valence-corrected chi connectivity index (χ2v) is 13.4. The lowest BCUT2D eigenvalue weighted by molar-refractivity contribution is -0.137. The number of unbranched alkanes of at least 4 members (excludes halogenated alkanes) is 2. The summed E-state index contributed by atoms with van der Waals surface area (Å²) in [5, 5.41) is 5.95. The summed E-state index contributed by atoms with van der Waals surface area (Å²) in [4.78, 5) is 84.4. The molecule has 0 atom stereocenters. The fraction of sp³-hybridized carbons (Fsp3) is 0.875. The lowest BCUT2D eigenvalue weighted by atomic mass is 10.1. The molecular formula is C8H21NO14P4. The van der Waals surface area contributed by atoms with Gasteiger partial charge in [-0.3, -0.25) is 28.4 Å². The fourth-order valence-corrected chi connectivity index (χ4v) is 7.70. The minimum Gasteiger partial charge on any atom is -0.481 e. The zero-order valence-electron chi connectivity index (χ0n) is 13.5. The minimum atomic E-state index is -5.97. The van der Waals surface area contributed by atoms with Crippen molar-refractivity contribution in [3.8, 4) is 0 Å². The summed E-state index contributed by atoms with van der Waals surface area (Å²) in [7, 11) is -23.6. The first-order chi connectivity index (χ1) is 11.8. The van der Waals surface area contributed by atoms with Crippen molar-refractivity contribution >= 4 is 36.4 Å². The zero-order chi connectivity index (χ0) is 21.9. The second-order valence-electron chi connectivity index (χ2n) is 5.56. The molecule has 0 aromatic heterocycles. The quantitative estimate of drug-likeness (QED) is 0.122. The molecule has 0 spiro atoms. The summed E-state index contributed by atoms with van der Waals surface area (Å²) in [5.41, 5.74) is -3.29. The molecule has 162 valence electrons. The van der Waals surface area contributed by atoms with Crippen LogP contribution in [0.5, 0.6) is 0 Å². The molecule has 19 heteroatoms. The van der Waals surface area contributed by atoms with Gasteiger partial charge in [0.05, 0.1) is 0 Å². The van der Waals surface area contributed by atoms with Crippen LogP contribution in [0.1, 0.15) is 32.1 Å². The Morgan fingerprint density at radius 1 is 0.778 bits per heavy atom. The third-order valence-electron chi connectivity index (χ3n) is 3.38. The first-order valence-corrected chi connectivity index (χ1v) is 13.6. The largest absolute Gasteiger partial charge is 0.481 e. The van der Waals surface area contributed by atoms with Crippen LogP contribution in [0.3, 0.4) is 0 Å². The van der Waals surface area contributed by atoms with Crippen LogP contribution in [0.2, 0.25) is 0 Å². The molecule has 0 saturated carbocycles. The number of carboxylic acids is 1. The number of carbonyl (C=O) groups is 1. The Kier molecular flexibility index (Phi) is 9.24. The average molecular weight is 479 g/mol. The third kappa shape index (κ3) is 7.75. The maximum absolute atomic E-state index is 11.8. The fourth-order valence-electron chi connectivity index (χ4n) is 2.10. The van der Waals surface area contributed by atoms with Crippen molar-refractivity contribution in [2.75, 3.05) is 0 Å². The standard InChI is InChI=1S/C8H21NO14P4/c10-6(11)4-2-1-3-5-8(26(18,19)20,27(21,22)23)9-7(24(12,13)14)25(15,16)17/h7,9H,1-5H2,(H,10,11)(H2,12,13,14)(H2,15,16,17)(H2,18,19,20)(H2,21,22,23). The van der Waals surface area contributed by atoms with Gasteiger partial charge in [-0.25, -0.2) is 0 Å². The molecular weight excluding hydrogens is 458 g/mol. The van der Waals surface area contributed by atoms with E-state index in [1.54, 1.807) is 0 Å². The third-order valence-corrected chi connectivity index (χ3v) is 10.9. The van der Waals surface area contributed by atoms with Crippen LogP contribution in [-0.4, -0.2) is 60.8 Å². The summed E-state index contributed by atoms with van der Waals surface area (Å²) in [5.74, 6) is -1.20. The maximum Gasteiger partial charge on any atom is 0.357 e. The summed E-state index contributed by atoms with van der Waals surface area (Å²) in [6.07, 6.45) is -2.11. The van der Waals surface area contributed by atoms with Crippen LogP contribution >= 0.6 is 30.4 Å². The van der Waals surface area contributed by atoms with E-state index in [-0.39, 0.29) is 19.3 Å². The van der Waals surface area contributed by atoms with Crippen molar-refractivity contribution < 1.29 is 67.3 Å². The number of nitrogens with one attached hydrogen (secondary N) is 1. The van der Waals surface area contributed by atoms with Gasteiger partial charge in [-0.1, -0.05) is 12.8 Å². The lowest BCUT2D eigenvalue weighted by Crippen LogP contribution is -2.49. The summed E-state index contributed by atoms with van der Waals surface area (Å²) in [6.45, 7) is 0. The van der Waals surface area contributed by atoms with Gasteiger partial charge in [0.2, 0.25) is 10.5 Å². The maximum atomic E-state index is 11.8. The van der Waals surface area contributed by atoms with Crippen LogP contribution in [0.4, 0.5) is 0 Å². The number of hydrogen-bond donors (Lipinski definition) is 10. The molecule has 0 saturated heterocycles. The van der Waals surface area contributed by atoms with Gasteiger partial charge in [-0.2, -0.15) is 0 Å². The molecule has 0 radical (unpaired) electrons. The molecule has 0 aromatic rings. The Labute approximate surface area is 152 Å². The first kappa shape index (κ1) is 27.0. The monoisotopic (exact) mass is 479 g/mol. The predicted molar refractivity (Wildman–Crippen MR) is 88.6 cm³/mol. The van der Waals surface area contributed by atoms with Crippen LogP contribution in [0, 0.1) is 0 Å². The molecule has 27 heavy (non-hydrogen) atoms. The zero-order valence-corrected chi connectivity index (χ0v) is 17.0.